The van der Waals surface area contributed by atoms with E-state index in [1.54, 1.807) is 64.6 Å². The Kier molecular flexibility index (Phi) is 5.54. The molecule has 146 valence electrons. The molecule has 0 saturated carbocycles. The van der Waals surface area contributed by atoms with Crippen LogP contribution in [-0.2, 0) is 9.59 Å². The van der Waals surface area contributed by atoms with E-state index in [-0.39, 0.29) is 11.8 Å². The molecule has 3 rings (SSSR count). The number of hydrogen-bond acceptors (Lipinski definition) is 5. The minimum Gasteiger partial charge on any atom is -0.493 e. The first-order chi connectivity index (χ1) is 13.4. The van der Waals surface area contributed by atoms with Gasteiger partial charge < -0.3 is 24.4 Å². The summed E-state index contributed by atoms with van der Waals surface area (Å²) in [5, 5.41) is 2.78. The highest BCUT2D eigenvalue weighted by molar-refractivity contribution is 6.04. The Morgan fingerprint density at radius 2 is 1.89 bits per heavy atom. The molecule has 28 heavy (non-hydrogen) atoms. The van der Waals surface area contributed by atoms with Crippen LogP contribution in [0.15, 0.2) is 42.5 Å². The number of nitrogens with one attached hydrogen (secondary N) is 1. The maximum Gasteiger partial charge on any atom is 0.267 e. The molecule has 1 unspecified atom stereocenters. The highest BCUT2D eigenvalue weighted by atomic mass is 16.5. The zero-order valence-corrected chi connectivity index (χ0v) is 16.2. The number of carbonyl (C=O) groups is 2. The third kappa shape index (κ3) is 3.93. The molecule has 2 aromatic carbocycles. The van der Waals surface area contributed by atoms with Crippen LogP contribution < -0.4 is 24.4 Å². The first-order valence-electron chi connectivity index (χ1n) is 8.72. The Hall–Kier alpha value is -3.48. The Morgan fingerprint density at radius 1 is 1.14 bits per heavy atom. The molecule has 0 radical (unpaired) electrons. The third-order valence-corrected chi connectivity index (χ3v) is 4.40. The molecule has 0 saturated heterocycles. The van der Waals surface area contributed by atoms with Gasteiger partial charge in [0.25, 0.3) is 5.91 Å². The molecule has 1 atom stereocenters. The van der Waals surface area contributed by atoms with E-state index in [0.717, 1.165) is 5.56 Å². The van der Waals surface area contributed by atoms with E-state index in [9.17, 15) is 9.59 Å². The highest BCUT2D eigenvalue weighted by Crippen LogP contribution is 2.35. The van der Waals surface area contributed by atoms with Crippen molar-refractivity contribution in [3.8, 4) is 17.2 Å². The lowest BCUT2D eigenvalue weighted by Gasteiger charge is -2.30. The van der Waals surface area contributed by atoms with Crippen LogP contribution in [0.1, 0.15) is 12.5 Å². The largest absolute Gasteiger partial charge is 0.493 e. The predicted molar refractivity (Wildman–Crippen MR) is 107 cm³/mol. The summed E-state index contributed by atoms with van der Waals surface area (Å²) < 4.78 is 16.0. The van der Waals surface area contributed by atoms with Crippen LogP contribution >= 0.6 is 0 Å². The lowest BCUT2D eigenvalue weighted by molar-refractivity contribution is -0.125. The number of hydrogen-bond donors (Lipinski definition) is 1. The van der Waals surface area contributed by atoms with Gasteiger partial charge in [0.05, 0.1) is 19.9 Å². The maximum atomic E-state index is 12.3. The zero-order valence-electron chi connectivity index (χ0n) is 16.2. The Labute approximate surface area is 163 Å². The van der Waals surface area contributed by atoms with E-state index >= 15 is 0 Å². The summed E-state index contributed by atoms with van der Waals surface area (Å²) in [5.74, 6) is 1.38. The van der Waals surface area contributed by atoms with Gasteiger partial charge in [0.2, 0.25) is 5.91 Å². The minimum atomic E-state index is -0.526. The van der Waals surface area contributed by atoms with Crippen molar-refractivity contribution < 1.29 is 23.8 Å². The Balaban J connectivity index is 1.72. The molecule has 2 amide bonds. The fourth-order valence-corrected chi connectivity index (χ4v) is 2.90. The van der Waals surface area contributed by atoms with Crippen LogP contribution in [0.5, 0.6) is 17.2 Å². The normalized spacial score (nSPS) is 15.8. The quantitative estimate of drug-likeness (QED) is 0.804. The number of benzene rings is 2. The first-order valence-corrected chi connectivity index (χ1v) is 8.72. The van der Waals surface area contributed by atoms with Crippen LogP contribution in [0.2, 0.25) is 0 Å². The number of rotatable bonds is 5. The molecule has 0 spiro atoms. The summed E-state index contributed by atoms with van der Waals surface area (Å²) in [7, 11) is 4.80. The molecule has 1 aliphatic rings. The van der Waals surface area contributed by atoms with Crippen molar-refractivity contribution in [1.82, 2.24) is 0 Å². The van der Waals surface area contributed by atoms with Crippen LogP contribution in [-0.4, -0.2) is 39.2 Å². The van der Waals surface area contributed by atoms with E-state index in [4.69, 9.17) is 14.2 Å². The van der Waals surface area contributed by atoms with Gasteiger partial charge in [0.1, 0.15) is 5.75 Å². The number of carbonyl (C=O) groups excluding carboxylic acids is 2. The van der Waals surface area contributed by atoms with Crippen molar-refractivity contribution in [1.29, 1.82) is 0 Å². The number of likely N-dealkylation sites (N-methyl/N-ethyl adjacent to an activating group) is 1. The minimum absolute atomic E-state index is 0.135. The molecule has 1 N–H and O–H groups in total. The summed E-state index contributed by atoms with van der Waals surface area (Å²) in [4.78, 5) is 25.9. The van der Waals surface area contributed by atoms with Gasteiger partial charge >= 0.3 is 0 Å². The van der Waals surface area contributed by atoms with Crippen molar-refractivity contribution >= 4 is 29.3 Å². The SMILES string of the molecule is COc1ccc(/C=C/C(=O)Nc2ccc3c(c2)N(C)C(=O)C(C)O3)cc1OC. The molecular formula is C21H22N2O5. The third-order valence-electron chi connectivity index (χ3n) is 4.40. The van der Waals surface area contributed by atoms with Crippen molar-refractivity contribution in [2.24, 2.45) is 0 Å². The topological polar surface area (TPSA) is 77.1 Å². The average Bonchev–Trinajstić information content (AvgIpc) is 2.70. The smallest absolute Gasteiger partial charge is 0.267 e. The van der Waals surface area contributed by atoms with Crippen molar-refractivity contribution in [2.45, 2.75) is 13.0 Å². The molecule has 1 aliphatic heterocycles. The first kappa shape index (κ1) is 19.3. The standard InChI is InChI=1S/C21H22N2O5/c1-13-21(25)23(2)16-12-15(7-9-17(16)28-13)22-20(24)10-6-14-5-8-18(26-3)19(11-14)27-4/h5-13H,1-4H3,(H,22,24)/b10-6+. The van der Waals surface area contributed by atoms with E-state index in [2.05, 4.69) is 5.32 Å². The second-order valence-corrected chi connectivity index (χ2v) is 6.28. The average molecular weight is 382 g/mol. The van der Waals surface area contributed by atoms with Crippen molar-refractivity contribution in [2.75, 3.05) is 31.5 Å². The highest BCUT2D eigenvalue weighted by Gasteiger charge is 2.28. The van der Waals surface area contributed by atoms with Crippen LogP contribution in [0.25, 0.3) is 6.08 Å². The van der Waals surface area contributed by atoms with Gasteiger partial charge in [-0.1, -0.05) is 6.07 Å². The Bertz CT molecular complexity index is 938. The second-order valence-electron chi connectivity index (χ2n) is 6.28. The predicted octanol–water partition coefficient (Wildman–Crippen LogP) is 3.10. The van der Waals surface area contributed by atoms with Gasteiger partial charge in [0, 0.05) is 18.8 Å². The molecule has 0 aromatic heterocycles. The number of ether oxygens (including phenoxy) is 3. The van der Waals surface area contributed by atoms with Gasteiger partial charge in [0.15, 0.2) is 17.6 Å². The number of nitrogens with zero attached hydrogens (tertiary/aromatic N) is 1. The molecule has 7 nitrogen and oxygen atoms in total. The fourth-order valence-electron chi connectivity index (χ4n) is 2.90. The molecule has 7 heteroatoms. The van der Waals surface area contributed by atoms with Gasteiger partial charge in [-0.2, -0.15) is 0 Å². The zero-order chi connectivity index (χ0) is 20.3. The monoisotopic (exact) mass is 382 g/mol. The summed E-state index contributed by atoms with van der Waals surface area (Å²) in [5.41, 5.74) is 1.98. The maximum absolute atomic E-state index is 12.3. The van der Waals surface area contributed by atoms with Gasteiger partial charge in [-0.25, -0.2) is 0 Å². The van der Waals surface area contributed by atoms with Crippen molar-refractivity contribution in [3.05, 3.63) is 48.0 Å². The molecule has 1 heterocycles. The van der Waals surface area contributed by atoms with E-state index < -0.39 is 6.10 Å². The van der Waals surface area contributed by atoms with Crippen LogP contribution in [0.4, 0.5) is 11.4 Å². The van der Waals surface area contributed by atoms with E-state index in [0.29, 0.717) is 28.6 Å². The van der Waals surface area contributed by atoms with E-state index in [1.165, 1.54) is 11.0 Å². The number of amides is 2. The van der Waals surface area contributed by atoms with Crippen LogP contribution in [0.3, 0.4) is 0 Å². The van der Waals surface area contributed by atoms with Gasteiger partial charge in [-0.05, 0) is 48.9 Å². The molecular weight excluding hydrogens is 360 g/mol. The van der Waals surface area contributed by atoms with Gasteiger partial charge in [-0.15, -0.1) is 0 Å². The number of anilines is 2. The summed E-state index contributed by atoms with van der Waals surface area (Å²) in [6, 6.07) is 10.6. The van der Waals surface area contributed by atoms with Crippen molar-refractivity contribution in [3.63, 3.8) is 0 Å². The van der Waals surface area contributed by atoms with E-state index in [1.807, 2.05) is 6.07 Å². The van der Waals surface area contributed by atoms with Gasteiger partial charge in [-0.3, -0.25) is 9.59 Å². The summed E-state index contributed by atoms with van der Waals surface area (Å²) in [6.45, 7) is 1.70. The molecule has 0 aliphatic carbocycles. The summed E-state index contributed by atoms with van der Waals surface area (Å²) in [6.07, 6.45) is 2.58. The number of methoxy groups -OCH3 is 2. The van der Waals surface area contributed by atoms with Crippen LogP contribution in [0, 0.1) is 0 Å². The lowest BCUT2D eigenvalue weighted by atomic mass is 10.1. The number of fused-ring (bicyclic) bond motifs is 1. The Morgan fingerprint density at radius 3 is 2.61 bits per heavy atom. The second kappa shape index (κ2) is 8.04. The molecule has 0 fully saturated rings. The molecule has 0 bridgehead atoms. The molecule has 2 aromatic rings. The summed E-state index contributed by atoms with van der Waals surface area (Å²) >= 11 is 0. The fraction of sp³-hybridized carbons (Fsp3) is 0.238. The lowest BCUT2D eigenvalue weighted by Crippen LogP contribution is -2.41.